The standard InChI is InChI=1S/C8H11Cl3O3S/c1-2-4-15-5-3-6(8(9,10)11)14-7(12)13/h2,6H,1,3-5H2,(H,12,13). The summed E-state index contributed by atoms with van der Waals surface area (Å²) < 4.78 is 2.75. The van der Waals surface area contributed by atoms with Crippen molar-refractivity contribution in [3.05, 3.63) is 12.7 Å². The molecule has 0 heterocycles. The highest BCUT2D eigenvalue weighted by Gasteiger charge is 2.35. The predicted octanol–water partition coefficient (Wildman–Crippen LogP) is 3.73. The van der Waals surface area contributed by atoms with Crippen molar-refractivity contribution in [2.24, 2.45) is 0 Å². The third kappa shape index (κ3) is 8.08. The molecule has 0 saturated carbocycles. The maximum Gasteiger partial charge on any atom is 0.506 e. The number of alkyl halides is 3. The van der Waals surface area contributed by atoms with Crippen molar-refractivity contribution >= 4 is 52.7 Å². The number of hydrogen-bond acceptors (Lipinski definition) is 3. The maximum atomic E-state index is 10.3. The van der Waals surface area contributed by atoms with Crippen molar-refractivity contribution in [1.82, 2.24) is 0 Å². The lowest BCUT2D eigenvalue weighted by Crippen LogP contribution is -2.31. The lowest BCUT2D eigenvalue weighted by atomic mass is 10.3. The summed E-state index contributed by atoms with van der Waals surface area (Å²) in [6.07, 6.45) is -0.300. The summed E-state index contributed by atoms with van der Waals surface area (Å²) in [6, 6.07) is 0. The predicted molar refractivity (Wildman–Crippen MR) is 65.3 cm³/mol. The van der Waals surface area contributed by atoms with Gasteiger partial charge < -0.3 is 9.84 Å². The third-order valence-corrected chi connectivity index (χ3v) is 3.09. The number of hydrogen-bond donors (Lipinski definition) is 1. The Hall–Kier alpha value is 0.230. The van der Waals surface area contributed by atoms with E-state index in [4.69, 9.17) is 39.9 Å². The number of halogens is 3. The second kappa shape index (κ2) is 7.49. The highest BCUT2D eigenvalue weighted by Crippen LogP contribution is 2.34. The minimum absolute atomic E-state index is 0.349. The topological polar surface area (TPSA) is 46.5 Å². The fourth-order valence-corrected chi connectivity index (χ4v) is 1.94. The van der Waals surface area contributed by atoms with Gasteiger partial charge in [-0.25, -0.2) is 4.79 Å². The molecule has 7 heteroatoms. The summed E-state index contributed by atoms with van der Waals surface area (Å²) in [4.78, 5) is 10.3. The Morgan fingerprint density at radius 1 is 1.60 bits per heavy atom. The molecule has 88 valence electrons. The van der Waals surface area contributed by atoms with Gasteiger partial charge in [-0.1, -0.05) is 40.9 Å². The minimum Gasteiger partial charge on any atom is -0.450 e. The van der Waals surface area contributed by atoms with Gasteiger partial charge in [0, 0.05) is 5.75 Å². The Morgan fingerprint density at radius 3 is 2.60 bits per heavy atom. The molecule has 0 amide bonds. The van der Waals surface area contributed by atoms with Crippen LogP contribution in [0.15, 0.2) is 12.7 Å². The van der Waals surface area contributed by atoms with E-state index in [9.17, 15) is 4.79 Å². The van der Waals surface area contributed by atoms with E-state index in [2.05, 4.69) is 11.3 Å². The molecule has 1 atom stereocenters. The summed E-state index contributed by atoms with van der Waals surface area (Å²) in [7, 11) is 0. The molecule has 0 aliphatic carbocycles. The molecule has 1 N–H and O–H groups in total. The molecular weight excluding hydrogens is 283 g/mol. The molecule has 0 fully saturated rings. The summed E-state index contributed by atoms with van der Waals surface area (Å²) in [5.41, 5.74) is 0. The van der Waals surface area contributed by atoms with Crippen molar-refractivity contribution in [3.63, 3.8) is 0 Å². The summed E-state index contributed by atoms with van der Waals surface area (Å²) in [5, 5.41) is 8.43. The zero-order valence-corrected chi connectivity index (χ0v) is 10.9. The SMILES string of the molecule is C=CCSCCC(OC(=O)O)C(Cl)(Cl)Cl. The molecule has 0 aliphatic rings. The van der Waals surface area contributed by atoms with Crippen molar-refractivity contribution in [2.45, 2.75) is 16.3 Å². The molecule has 0 spiro atoms. The van der Waals surface area contributed by atoms with Crippen LogP contribution in [0.25, 0.3) is 0 Å². The van der Waals surface area contributed by atoms with E-state index < -0.39 is 16.1 Å². The molecule has 0 saturated heterocycles. The molecule has 0 bridgehead atoms. The van der Waals surface area contributed by atoms with Crippen LogP contribution in [0.3, 0.4) is 0 Å². The zero-order chi connectivity index (χ0) is 11.9. The Kier molecular flexibility index (Phi) is 7.61. The highest BCUT2D eigenvalue weighted by molar-refractivity contribution is 7.99. The van der Waals surface area contributed by atoms with Crippen LogP contribution in [-0.4, -0.2) is 32.7 Å². The van der Waals surface area contributed by atoms with E-state index in [0.29, 0.717) is 12.2 Å². The molecular formula is C8H11Cl3O3S. The molecule has 0 aromatic heterocycles. The van der Waals surface area contributed by atoms with Crippen LogP contribution in [0.4, 0.5) is 4.79 Å². The molecule has 0 aliphatic heterocycles. The molecule has 15 heavy (non-hydrogen) atoms. The Labute approximate surface area is 108 Å². The smallest absolute Gasteiger partial charge is 0.450 e. The van der Waals surface area contributed by atoms with E-state index in [1.54, 1.807) is 17.8 Å². The van der Waals surface area contributed by atoms with Gasteiger partial charge in [0.25, 0.3) is 0 Å². The van der Waals surface area contributed by atoms with E-state index in [1.807, 2.05) is 0 Å². The van der Waals surface area contributed by atoms with E-state index in [0.717, 1.165) is 5.75 Å². The number of rotatable bonds is 6. The first-order valence-electron chi connectivity index (χ1n) is 4.03. The molecule has 3 nitrogen and oxygen atoms in total. The van der Waals surface area contributed by atoms with Crippen LogP contribution in [0.1, 0.15) is 6.42 Å². The van der Waals surface area contributed by atoms with Crippen LogP contribution in [0.5, 0.6) is 0 Å². The summed E-state index contributed by atoms with van der Waals surface area (Å²) in [6.45, 7) is 3.55. The van der Waals surface area contributed by atoms with Gasteiger partial charge in [-0.3, -0.25) is 0 Å². The Balaban J connectivity index is 4.02. The van der Waals surface area contributed by atoms with E-state index >= 15 is 0 Å². The molecule has 0 rings (SSSR count). The Morgan fingerprint density at radius 2 is 2.20 bits per heavy atom. The zero-order valence-electron chi connectivity index (χ0n) is 7.79. The second-order valence-electron chi connectivity index (χ2n) is 2.57. The van der Waals surface area contributed by atoms with Crippen LogP contribution in [-0.2, 0) is 4.74 Å². The van der Waals surface area contributed by atoms with E-state index in [-0.39, 0.29) is 0 Å². The number of ether oxygens (including phenoxy) is 1. The highest BCUT2D eigenvalue weighted by atomic mass is 35.6. The first-order valence-corrected chi connectivity index (χ1v) is 6.31. The van der Waals surface area contributed by atoms with Crippen molar-refractivity contribution in [1.29, 1.82) is 0 Å². The Bertz CT molecular complexity index is 218. The maximum absolute atomic E-state index is 10.3. The quantitative estimate of drug-likeness (QED) is 0.351. The normalized spacial score (nSPS) is 13.3. The number of carboxylic acid groups (broad SMARTS) is 1. The molecule has 0 aromatic rings. The number of thioether (sulfide) groups is 1. The molecule has 0 aromatic carbocycles. The van der Waals surface area contributed by atoms with Gasteiger partial charge in [0.05, 0.1) is 0 Å². The largest absolute Gasteiger partial charge is 0.506 e. The van der Waals surface area contributed by atoms with Crippen LogP contribution in [0.2, 0.25) is 0 Å². The van der Waals surface area contributed by atoms with Gasteiger partial charge in [0.2, 0.25) is 3.79 Å². The monoisotopic (exact) mass is 292 g/mol. The third-order valence-electron chi connectivity index (χ3n) is 1.37. The van der Waals surface area contributed by atoms with Crippen LogP contribution < -0.4 is 0 Å². The van der Waals surface area contributed by atoms with Crippen molar-refractivity contribution < 1.29 is 14.6 Å². The van der Waals surface area contributed by atoms with Gasteiger partial charge in [-0.15, -0.1) is 6.58 Å². The van der Waals surface area contributed by atoms with Crippen molar-refractivity contribution in [2.75, 3.05) is 11.5 Å². The fourth-order valence-electron chi connectivity index (χ4n) is 0.768. The van der Waals surface area contributed by atoms with Gasteiger partial charge in [0.1, 0.15) is 0 Å². The molecule has 1 unspecified atom stereocenters. The van der Waals surface area contributed by atoms with Gasteiger partial charge in [-0.05, 0) is 12.2 Å². The summed E-state index contributed by atoms with van der Waals surface area (Å²) in [5.74, 6) is 1.40. The average molecular weight is 294 g/mol. The first kappa shape index (κ1) is 15.2. The van der Waals surface area contributed by atoms with Gasteiger partial charge in [0.15, 0.2) is 6.10 Å². The summed E-state index contributed by atoms with van der Waals surface area (Å²) >= 11 is 18.3. The first-order chi connectivity index (χ1) is 6.88. The number of carbonyl (C=O) groups is 1. The van der Waals surface area contributed by atoms with Gasteiger partial charge >= 0.3 is 6.16 Å². The van der Waals surface area contributed by atoms with Crippen LogP contribution in [0, 0.1) is 0 Å². The van der Waals surface area contributed by atoms with Crippen LogP contribution >= 0.6 is 46.6 Å². The van der Waals surface area contributed by atoms with E-state index in [1.165, 1.54) is 0 Å². The lowest BCUT2D eigenvalue weighted by Gasteiger charge is -2.22. The lowest BCUT2D eigenvalue weighted by molar-refractivity contribution is 0.0521. The second-order valence-corrected chi connectivity index (χ2v) is 6.09. The average Bonchev–Trinajstić information content (AvgIpc) is 2.08. The molecule has 0 radical (unpaired) electrons. The minimum atomic E-state index is -1.73. The fraction of sp³-hybridized carbons (Fsp3) is 0.625. The van der Waals surface area contributed by atoms with Crippen molar-refractivity contribution in [3.8, 4) is 0 Å². The van der Waals surface area contributed by atoms with Gasteiger partial charge in [-0.2, -0.15) is 11.8 Å².